The van der Waals surface area contributed by atoms with Crippen molar-refractivity contribution >= 4 is 38.9 Å². The highest BCUT2D eigenvalue weighted by Gasteiger charge is 2.18. The summed E-state index contributed by atoms with van der Waals surface area (Å²) in [5.74, 6) is 0.0444. The van der Waals surface area contributed by atoms with Gasteiger partial charge in [-0.25, -0.2) is 0 Å². The summed E-state index contributed by atoms with van der Waals surface area (Å²) < 4.78 is 6.21. The van der Waals surface area contributed by atoms with E-state index in [4.69, 9.17) is 10.5 Å². The van der Waals surface area contributed by atoms with Crippen LogP contribution < -0.4 is 11.1 Å². The molecule has 1 saturated heterocycles. The van der Waals surface area contributed by atoms with Gasteiger partial charge in [-0.1, -0.05) is 15.9 Å². The summed E-state index contributed by atoms with van der Waals surface area (Å²) in [6.07, 6.45) is 0. The van der Waals surface area contributed by atoms with Crippen molar-refractivity contribution in [2.24, 2.45) is 0 Å². The van der Waals surface area contributed by atoms with E-state index in [1.807, 2.05) is 47.4 Å². The molecule has 0 unspecified atom stereocenters. The lowest BCUT2D eigenvalue weighted by Crippen LogP contribution is -2.40. The minimum absolute atomic E-state index is 0.0444. The van der Waals surface area contributed by atoms with Crippen molar-refractivity contribution < 1.29 is 9.53 Å². The normalized spacial score (nSPS) is 14.6. The first-order valence-electron chi connectivity index (χ1n) is 7.42. The minimum atomic E-state index is 0.0444. The first kappa shape index (κ1) is 15.8. The molecule has 2 aromatic rings. The Morgan fingerprint density at radius 2 is 1.83 bits per heavy atom. The second-order valence-electron chi connectivity index (χ2n) is 5.34. The number of benzene rings is 2. The first-order chi connectivity index (χ1) is 11.1. The smallest absolute Gasteiger partial charge is 0.254 e. The maximum absolute atomic E-state index is 12.4. The fourth-order valence-corrected chi connectivity index (χ4v) is 2.83. The number of ether oxygens (including phenoxy) is 1. The number of carbonyl (C=O) groups excluding carboxylic acids is 1. The molecular formula is C17H18BrN3O2. The fourth-order valence-electron chi connectivity index (χ4n) is 2.45. The second kappa shape index (κ2) is 7.02. The van der Waals surface area contributed by atoms with E-state index in [1.165, 1.54) is 0 Å². The van der Waals surface area contributed by atoms with Crippen molar-refractivity contribution in [3.63, 3.8) is 0 Å². The molecule has 1 fully saturated rings. The van der Waals surface area contributed by atoms with Gasteiger partial charge in [0.15, 0.2) is 0 Å². The summed E-state index contributed by atoms with van der Waals surface area (Å²) >= 11 is 3.39. The number of nitrogen functional groups attached to an aromatic ring is 1. The van der Waals surface area contributed by atoms with Crippen LogP contribution in [0, 0.1) is 0 Å². The second-order valence-corrected chi connectivity index (χ2v) is 6.25. The third-order valence-corrected chi connectivity index (χ3v) is 4.22. The summed E-state index contributed by atoms with van der Waals surface area (Å²) in [7, 11) is 0. The highest BCUT2D eigenvalue weighted by atomic mass is 79.9. The predicted molar refractivity (Wildman–Crippen MR) is 95.0 cm³/mol. The molecule has 120 valence electrons. The van der Waals surface area contributed by atoms with Crippen LogP contribution in [0.15, 0.2) is 46.9 Å². The van der Waals surface area contributed by atoms with Crippen LogP contribution in [0.5, 0.6) is 0 Å². The van der Waals surface area contributed by atoms with Gasteiger partial charge in [-0.15, -0.1) is 0 Å². The highest BCUT2D eigenvalue weighted by molar-refractivity contribution is 9.10. The van der Waals surface area contributed by atoms with Crippen molar-refractivity contribution in [2.75, 3.05) is 37.4 Å². The van der Waals surface area contributed by atoms with E-state index in [0.717, 1.165) is 15.8 Å². The predicted octanol–water partition coefficient (Wildman–Crippen LogP) is 3.25. The summed E-state index contributed by atoms with van der Waals surface area (Å²) in [6.45, 7) is 2.50. The van der Waals surface area contributed by atoms with Crippen LogP contribution in [0.3, 0.4) is 0 Å². The molecule has 1 aliphatic rings. The lowest BCUT2D eigenvalue weighted by atomic mass is 10.1. The number of anilines is 3. The van der Waals surface area contributed by atoms with E-state index in [-0.39, 0.29) is 5.91 Å². The van der Waals surface area contributed by atoms with E-state index in [1.54, 1.807) is 0 Å². The van der Waals surface area contributed by atoms with Gasteiger partial charge in [0.05, 0.1) is 24.6 Å². The minimum Gasteiger partial charge on any atom is -0.397 e. The average molecular weight is 376 g/mol. The molecule has 0 saturated carbocycles. The number of amides is 1. The summed E-state index contributed by atoms with van der Waals surface area (Å²) in [5, 5.41) is 3.25. The van der Waals surface area contributed by atoms with Crippen molar-refractivity contribution in [1.82, 2.24) is 4.90 Å². The Labute approximate surface area is 143 Å². The van der Waals surface area contributed by atoms with Gasteiger partial charge in [0.1, 0.15) is 0 Å². The SMILES string of the molecule is Nc1cc(Br)ccc1Nc1ccc(C(=O)N2CCOCC2)cc1. The molecule has 0 aromatic heterocycles. The quantitative estimate of drug-likeness (QED) is 0.808. The number of carbonyl (C=O) groups is 1. The molecule has 2 aromatic carbocycles. The first-order valence-corrected chi connectivity index (χ1v) is 8.22. The van der Waals surface area contributed by atoms with Crippen LogP contribution in [0.4, 0.5) is 17.1 Å². The van der Waals surface area contributed by atoms with E-state index < -0.39 is 0 Å². The van der Waals surface area contributed by atoms with Crippen LogP contribution in [0.2, 0.25) is 0 Å². The molecule has 0 bridgehead atoms. The third-order valence-electron chi connectivity index (χ3n) is 3.72. The van der Waals surface area contributed by atoms with E-state index in [9.17, 15) is 4.79 Å². The molecular weight excluding hydrogens is 358 g/mol. The van der Waals surface area contributed by atoms with Gasteiger partial charge in [0.25, 0.3) is 5.91 Å². The number of halogens is 1. The monoisotopic (exact) mass is 375 g/mol. The lowest BCUT2D eigenvalue weighted by molar-refractivity contribution is 0.0303. The Kier molecular flexibility index (Phi) is 4.83. The van der Waals surface area contributed by atoms with Gasteiger partial charge in [-0.2, -0.15) is 0 Å². The summed E-state index contributed by atoms with van der Waals surface area (Å²) in [5.41, 5.74) is 9.04. The van der Waals surface area contributed by atoms with Crippen molar-refractivity contribution in [2.45, 2.75) is 0 Å². The van der Waals surface area contributed by atoms with Crippen LogP contribution in [0.25, 0.3) is 0 Å². The molecule has 0 atom stereocenters. The molecule has 3 rings (SSSR count). The molecule has 1 heterocycles. The number of rotatable bonds is 3. The molecule has 5 nitrogen and oxygen atoms in total. The van der Waals surface area contributed by atoms with Crippen LogP contribution in [-0.4, -0.2) is 37.1 Å². The summed E-state index contributed by atoms with van der Waals surface area (Å²) in [4.78, 5) is 14.2. The topological polar surface area (TPSA) is 67.6 Å². The Balaban J connectivity index is 1.70. The average Bonchev–Trinajstić information content (AvgIpc) is 2.58. The molecule has 1 aliphatic heterocycles. The largest absolute Gasteiger partial charge is 0.397 e. The summed E-state index contributed by atoms with van der Waals surface area (Å²) in [6, 6.07) is 13.1. The zero-order valence-electron chi connectivity index (χ0n) is 12.6. The van der Waals surface area contributed by atoms with Gasteiger partial charge < -0.3 is 20.7 Å². The lowest BCUT2D eigenvalue weighted by Gasteiger charge is -2.26. The van der Waals surface area contributed by atoms with Crippen LogP contribution >= 0.6 is 15.9 Å². The van der Waals surface area contributed by atoms with E-state index in [0.29, 0.717) is 37.6 Å². The number of morpholine rings is 1. The highest BCUT2D eigenvalue weighted by Crippen LogP contribution is 2.26. The molecule has 0 spiro atoms. The van der Waals surface area contributed by atoms with E-state index >= 15 is 0 Å². The Hall–Kier alpha value is -2.05. The Morgan fingerprint density at radius 3 is 2.48 bits per heavy atom. The van der Waals surface area contributed by atoms with Gasteiger partial charge in [0, 0.05) is 28.8 Å². The van der Waals surface area contributed by atoms with Crippen molar-refractivity contribution in [1.29, 1.82) is 0 Å². The van der Waals surface area contributed by atoms with Crippen LogP contribution in [-0.2, 0) is 4.74 Å². The van der Waals surface area contributed by atoms with Crippen molar-refractivity contribution in [3.05, 3.63) is 52.5 Å². The van der Waals surface area contributed by atoms with E-state index in [2.05, 4.69) is 21.2 Å². The molecule has 1 amide bonds. The number of nitrogens with one attached hydrogen (secondary N) is 1. The van der Waals surface area contributed by atoms with Gasteiger partial charge in [-0.05, 0) is 42.5 Å². The Morgan fingerprint density at radius 1 is 1.13 bits per heavy atom. The molecule has 6 heteroatoms. The van der Waals surface area contributed by atoms with Crippen LogP contribution in [0.1, 0.15) is 10.4 Å². The van der Waals surface area contributed by atoms with Crippen molar-refractivity contribution in [3.8, 4) is 0 Å². The third kappa shape index (κ3) is 3.83. The number of nitrogens with zero attached hydrogens (tertiary/aromatic N) is 1. The maximum atomic E-state index is 12.4. The maximum Gasteiger partial charge on any atom is 0.254 e. The molecule has 0 radical (unpaired) electrons. The van der Waals surface area contributed by atoms with Gasteiger partial charge in [-0.3, -0.25) is 4.79 Å². The van der Waals surface area contributed by atoms with Gasteiger partial charge >= 0.3 is 0 Å². The van der Waals surface area contributed by atoms with Gasteiger partial charge in [0.2, 0.25) is 0 Å². The fraction of sp³-hybridized carbons (Fsp3) is 0.235. The molecule has 0 aliphatic carbocycles. The zero-order valence-corrected chi connectivity index (χ0v) is 14.2. The molecule has 3 N–H and O–H groups in total. The number of hydrogen-bond acceptors (Lipinski definition) is 4. The number of nitrogens with two attached hydrogens (primary N) is 1. The Bertz CT molecular complexity index is 697. The molecule has 23 heavy (non-hydrogen) atoms. The number of hydrogen-bond donors (Lipinski definition) is 2. The standard InChI is InChI=1S/C17H18BrN3O2/c18-13-3-6-16(15(19)11-13)20-14-4-1-12(2-5-14)17(22)21-7-9-23-10-8-21/h1-6,11,20H,7-10,19H2. The zero-order chi connectivity index (χ0) is 16.2.